The van der Waals surface area contributed by atoms with Crippen LogP contribution in [0.2, 0.25) is 0 Å². The number of nitrogens with zero attached hydrogens (tertiary/aromatic N) is 1. The third-order valence-corrected chi connectivity index (χ3v) is 7.38. The van der Waals surface area contributed by atoms with Gasteiger partial charge in [0, 0.05) is 31.3 Å². The number of nitrogens with one attached hydrogen (secondary N) is 1. The first-order valence-electron chi connectivity index (χ1n) is 10.4. The van der Waals surface area contributed by atoms with E-state index in [-0.39, 0.29) is 17.7 Å². The molecule has 1 spiro atoms. The van der Waals surface area contributed by atoms with Crippen LogP contribution < -0.4 is 10.1 Å². The molecule has 5 nitrogen and oxygen atoms in total. The van der Waals surface area contributed by atoms with Crippen LogP contribution in [0.5, 0.6) is 5.75 Å². The molecular weight excluding hydrogens is 340 g/mol. The molecule has 0 aromatic heterocycles. The van der Waals surface area contributed by atoms with E-state index in [2.05, 4.69) is 17.1 Å². The van der Waals surface area contributed by atoms with Crippen LogP contribution in [0.4, 0.5) is 0 Å². The maximum Gasteiger partial charge on any atom is 0.258 e. The molecule has 5 aliphatic rings. The summed E-state index contributed by atoms with van der Waals surface area (Å²) in [4.78, 5) is 27.9. The zero-order chi connectivity index (χ0) is 18.6. The van der Waals surface area contributed by atoms with E-state index in [4.69, 9.17) is 4.74 Å². The van der Waals surface area contributed by atoms with Crippen LogP contribution in [-0.4, -0.2) is 35.5 Å². The summed E-state index contributed by atoms with van der Waals surface area (Å²) in [6, 6.07) is 7.47. The molecule has 1 aromatic carbocycles. The number of piperidine rings is 1. The number of carbonyl (C=O) groups is 2. The monoisotopic (exact) mass is 368 g/mol. The van der Waals surface area contributed by atoms with Gasteiger partial charge in [-0.3, -0.25) is 9.59 Å². The minimum Gasteiger partial charge on any atom is -0.467 e. The summed E-state index contributed by atoms with van der Waals surface area (Å²) in [7, 11) is 0. The average Bonchev–Trinajstić information content (AvgIpc) is 2.68. The lowest BCUT2D eigenvalue weighted by atomic mass is 9.59. The van der Waals surface area contributed by atoms with Gasteiger partial charge in [-0.1, -0.05) is 19.1 Å². The number of likely N-dealkylation sites (tertiary alicyclic amines) is 1. The van der Waals surface area contributed by atoms with Crippen molar-refractivity contribution in [3.05, 3.63) is 29.8 Å². The van der Waals surface area contributed by atoms with E-state index in [1.165, 1.54) is 0 Å². The summed E-state index contributed by atoms with van der Waals surface area (Å²) < 4.78 is 6.40. The van der Waals surface area contributed by atoms with Crippen molar-refractivity contribution >= 4 is 11.8 Å². The summed E-state index contributed by atoms with van der Waals surface area (Å²) in [5.74, 6) is 2.31. The zero-order valence-electron chi connectivity index (χ0n) is 15.9. The molecule has 2 amide bonds. The van der Waals surface area contributed by atoms with Crippen LogP contribution in [0.3, 0.4) is 0 Å². The van der Waals surface area contributed by atoms with E-state index in [1.807, 2.05) is 24.3 Å². The van der Waals surface area contributed by atoms with E-state index >= 15 is 0 Å². The molecule has 3 aliphatic carbocycles. The Hall–Kier alpha value is -2.04. The lowest BCUT2D eigenvalue weighted by Crippen LogP contribution is -2.67. The summed E-state index contributed by atoms with van der Waals surface area (Å²) in [5.41, 5.74) is -0.0127. The minimum atomic E-state index is -0.623. The summed E-state index contributed by atoms with van der Waals surface area (Å²) in [6.07, 6.45) is 5.90. The first-order chi connectivity index (χ1) is 13.1. The van der Waals surface area contributed by atoms with Crippen LogP contribution in [0.15, 0.2) is 24.3 Å². The Morgan fingerprint density at radius 3 is 2.70 bits per heavy atom. The number of fused-ring (bicyclic) bond motifs is 3. The van der Waals surface area contributed by atoms with Gasteiger partial charge in [-0.15, -0.1) is 0 Å². The number of amides is 2. The maximum absolute atomic E-state index is 13.2. The molecule has 2 bridgehead atoms. The third kappa shape index (κ3) is 2.74. The fourth-order valence-electron chi connectivity index (χ4n) is 5.73. The molecule has 4 fully saturated rings. The molecular formula is C22H28N2O3. The lowest BCUT2D eigenvalue weighted by molar-refractivity contribution is -0.156. The highest BCUT2D eigenvalue weighted by molar-refractivity contribution is 5.98. The van der Waals surface area contributed by atoms with Gasteiger partial charge in [0.25, 0.3) is 5.91 Å². The van der Waals surface area contributed by atoms with Crippen molar-refractivity contribution in [1.29, 1.82) is 0 Å². The number of ether oxygens (including phenoxy) is 1. The lowest BCUT2D eigenvalue weighted by Gasteiger charge is -2.55. The molecule has 4 atom stereocenters. The van der Waals surface area contributed by atoms with Crippen LogP contribution in [0.25, 0.3) is 0 Å². The largest absolute Gasteiger partial charge is 0.467 e. The summed E-state index contributed by atoms with van der Waals surface area (Å²) >= 11 is 0. The summed E-state index contributed by atoms with van der Waals surface area (Å²) in [6.45, 7) is 4.08. The van der Waals surface area contributed by atoms with Gasteiger partial charge in [0.2, 0.25) is 5.91 Å². The van der Waals surface area contributed by atoms with Crippen LogP contribution >= 0.6 is 0 Å². The van der Waals surface area contributed by atoms with Crippen molar-refractivity contribution in [1.82, 2.24) is 10.2 Å². The Morgan fingerprint density at radius 2 is 1.96 bits per heavy atom. The number of rotatable bonds is 1. The van der Waals surface area contributed by atoms with Crippen molar-refractivity contribution in [2.45, 2.75) is 51.2 Å². The fraction of sp³-hybridized carbons (Fsp3) is 0.636. The number of benzene rings is 1. The van der Waals surface area contributed by atoms with Crippen molar-refractivity contribution in [3.63, 3.8) is 0 Å². The molecule has 2 heterocycles. The maximum atomic E-state index is 13.2. The highest BCUT2D eigenvalue weighted by atomic mass is 16.5. The smallest absolute Gasteiger partial charge is 0.258 e. The first-order valence-corrected chi connectivity index (χ1v) is 10.4. The topological polar surface area (TPSA) is 58.6 Å². The van der Waals surface area contributed by atoms with Gasteiger partial charge in [-0.25, -0.2) is 0 Å². The second-order valence-corrected chi connectivity index (χ2v) is 9.03. The Labute approximate surface area is 160 Å². The molecule has 1 saturated heterocycles. The highest BCUT2D eigenvalue weighted by Gasteiger charge is 2.57. The van der Waals surface area contributed by atoms with Gasteiger partial charge < -0.3 is 15.0 Å². The van der Waals surface area contributed by atoms with E-state index in [1.54, 1.807) is 0 Å². The molecule has 1 N–H and O–H groups in total. The second-order valence-electron chi connectivity index (χ2n) is 9.03. The quantitative estimate of drug-likeness (QED) is 0.828. The number of hydrogen-bond acceptors (Lipinski definition) is 3. The van der Waals surface area contributed by atoms with Gasteiger partial charge in [0.15, 0.2) is 5.72 Å². The molecule has 5 heteroatoms. The molecule has 0 radical (unpaired) electrons. The fourth-order valence-corrected chi connectivity index (χ4v) is 5.73. The van der Waals surface area contributed by atoms with Gasteiger partial charge >= 0.3 is 0 Å². The van der Waals surface area contributed by atoms with E-state index in [0.717, 1.165) is 57.5 Å². The number of carbonyl (C=O) groups excluding carboxylic acids is 2. The van der Waals surface area contributed by atoms with Crippen molar-refractivity contribution < 1.29 is 14.3 Å². The standard InChI is InChI=1S/C22H28N2O3/c1-14-8-10-24(11-9-14)21(26)18-12-16-7-6-15(18)13-22(16)23-20(25)17-4-2-3-5-19(17)27-22/h2-5,14-16,18H,6-13H2,1H3,(H,23,25)/t15-,16-,18-,22+/m1/s1. The highest BCUT2D eigenvalue weighted by Crippen LogP contribution is 2.52. The Morgan fingerprint density at radius 1 is 1.19 bits per heavy atom. The molecule has 3 saturated carbocycles. The molecule has 1 aromatic rings. The van der Waals surface area contributed by atoms with Crippen molar-refractivity contribution in [2.75, 3.05) is 13.1 Å². The molecule has 27 heavy (non-hydrogen) atoms. The van der Waals surface area contributed by atoms with Crippen LogP contribution in [-0.2, 0) is 4.79 Å². The van der Waals surface area contributed by atoms with Gasteiger partial charge in [0.05, 0.1) is 5.56 Å². The first kappa shape index (κ1) is 17.1. The molecule has 0 unspecified atom stereocenters. The van der Waals surface area contributed by atoms with Crippen molar-refractivity contribution in [2.24, 2.45) is 23.7 Å². The van der Waals surface area contributed by atoms with Gasteiger partial charge in [0.1, 0.15) is 5.75 Å². The predicted molar refractivity (Wildman–Crippen MR) is 101 cm³/mol. The van der Waals surface area contributed by atoms with Gasteiger partial charge in [-0.05, 0) is 56.1 Å². The molecule has 2 aliphatic heterocycles. The van der Waals surface area contributed by atoms with E-state index < -0.39 is 5.72 Å². The van der Waals surface area contributed by atoms with Crippen LogP contribution in [0.1, 0.15) is 55.8 Å². The number of hydrogen-bond donors (Lipinski definition) is 1. The average molecular weight is 368 g/mol. The SMILES string of the molecule is CC1CCN(C(=O)[C@@H]2C[C@H]3CC[C@@H]2C[C@@]32NC(=O)c3ccccc3O2)CC1. The normalized spacial score (nSPS) is 35.5. The van der Waals surface area contributed by atoms with E-state index in [0.29, 0.717) is 23.1 Å². The predicted octanol–water partition coefficient (Wildman–Crippen LogP) is 3.20. The van der Waals surface area contributed by atoms with E-state index in [9.17, 15) is 9.59 Å². The Bertz CT molecular complexity index is 771. The Kier molecular flexibility index (Phi) is 3.95. The second kappa shape index (κ2) is 6.25. The Balaban J connectivity index is 1.35. The van der Waals surface area contributed by atoms with Crippen molar-refractivity contribution in [3.8, 4) is 5.75 Å². The minimum absolute atomic E-state index is 0.0442. The van der Waals surface area contributed by atoms with Gasteiger partial charge in [-0.2, -0.15) is 0 Å². The summed E-state index contributed by atoms with van der Waals surface area (Å²) in [5, 5.41) is 3.18. The van der Waals surface area contributed by atoms with Crippen LogP contribution in [0, 0.1) is 23.7 Å². The third-order valence-electron chi connectivity index (χ3n) is 7.38. The number of para-hydroxylation sites is 1. The molecule has 6 rings (SSSR count). The molecule has 144 valence electrons. The zero-order valence-corrected chi connectivity index (χ0v) is 15.9.